The van der Waals surface area contributed by atoms with Crippen LogP contribution in [0.15, 0.2) is 43.5 Å². The monoisotopic (exact) mass is 310 g/mol. The van der Waals surface area contributed by atoms with Crippen molar-refractivity contribution in [1.29, 1.82) is 0 Å². The molecule has 2 N–H and O–H groups in total. The number of anilines is 1. The van der Waals surface area contributed by atoms with E-state index >= 15 is 0 Å². The summed E-state index contributed by atoms with van der Waals surface area (Å²) in [7, 11) is 0. The molecular formula is C11H7BrN2O2S. The Morgan fingerprint density at radius 1 is 1.35 bits per heavy atom. The van der Waals surface area contributed by atoms with E-state index < -0.39 is 0 Å². The van der Waals surface area contributed by atoms with Gasteiger partial charge < -0.3 is 14.7 Å². The van der Waals surface area contributed by atoms with Gasteiger partial charge in [0.1, 0.15) is 0 Å². The maximum absolute atomic E-state index is 5.84. The van der Waals surface area contributed by atoms with E-state index in [0.717, 1.165) is 16.0 Å². The van der Waals surface area contributed by atoms with E-state index in [0.29, 0.717) is 16.2 Å². The van der Waals surface area contributed by atoms with E-state index in [1.165, 1.54) is 0 Å². The summed E-state index contributed by atoms with van der Waals surface area (Å²) in [6.07, 6.45) is 1.58. The first-order valence-electron chi connectivity index (χ1n) is 4.79. The maximum Gasteiger partial charge on any atom is 0.182 e. The summed E-state index contributed by atoms with van der Waals surface area (Å²) in [6, 6.07) is 5.74. The van der Waals surface area contributed by atoms with Gasteiger partial charge in [-0.3, -0.25) is 0 Å². The third-order valence-electron chi connectivity index (χ3n) is 2.35. The number of hydrogen-bond donors (Lipinski definition) is 1. The van der Waals surface area contributed by atoms with Crippen LogP contribution < -0.4 is 5.73 Å². The number of thiophene rings is 1. The normalized spacial score (nSPS) is 10.9. The summed E-state index contributed by atoms with van der Waals surface area (Å²) in [5.74, 6) is 1.00. The lowest BCUT2D eigenvalue weighted by atomic mass is 10.1. The van der Waals surface area contributed by atoms with Gasteiger partial charge in [-0.15, -0.1) is 11.3 Å². The lowest BCUT2D eigenvalue weighted by Gasteiger charge is -1.97. The number of halogens is 1. The molecule has 0 atom stereocenters. The predicted molar refractivity (Wildman–Crippen MR) is 69.6 cm³/mol. The summed E-state index contributed by atoms with van der Waals surface area (Å²) in [5, 5.41) is 5.80. The Bertz CT molecular complexity index is 642. The van der Waals surface area contributed by atoms with Crippen LogP contribution in [0.25, 0.3) is 21.8 Å². The number of nitrogens with zero attached hydrogens (tertiary/aromatic N) is 1. The highest BCUT2D eigenvalue weighted by Crippen LogP contribution is 2.41. The molecule has 0 spiro atoms. The van der Waals surface area contributed by atoms with Crippen LogP contribution in [0.2, 0.25) is 0 Å². The van der Waals surface area contributed by atoms with Crippen LogP contribution in [-0.4, -0.2) is 5.16 Å². The predicted octanol–water partition coefficient (Wildman–Crippen LogP) is 4.01. The molecule has 0 saturated carbocycles. The second kappa shape index (κ2) is 4.05. The Kier molecular flexibility index (Phi) is 2.53. The number of nitrogens with two attached hydrogens (primary N) is 1. The molecule has 0 aromatic carbocycles. The number of furan rings is 1. The van der Waals surface area contributed by atoms with Gasteiger partial charge in [0.15, 0.2) is 16.2 Å². The van der Waals surface area contributed by atoms with Gasteiger partial charge in [-0.05, 0) is 33.4 Å². The summed E-state index contributed by atoms with van der Waals surface area (Å²) >= 11 is 4.90. The highest BCUT2D eigenvalue weighted by molar-refractivity contribution is 9.10. The molecule has 0 radical (unpaired) electrons. The van der Waals surface area contributed by atoms with Gasteiger partial charge in [-0.25, -0.2) is 0 Å². The largest absolute Gasteiger partial charge is 0.457 e. The molecule has 6 heteroatoms. The third-order valence-corrected chi connectivity index (χ3v) is 3.85. The van der Waals surface area contributed by atoms with Crippen molar-refractivity contribution in [1.82, 2.24) is 5.16 Å². The van der Waals surface area contributed by atoms with E-state index in [1.807, 2.05) is 17.5 Å². The van der Waals surface area contributed by atoms with E-state index in [4.69, 9.17) is 14.7 Å². The van der Waals surface area contributed by atoms with Crippen LogP contribution >= 0.6 is 27.3 Å². The number of aromatic nitrogens is 1. The summed E-state index contributed by atoms with van der Waals surface area (Å²) in [6.45, 7) is 0. The lowest BCUT2D eigenvalue weighted by Crippen LogP contribution is -1.86. The van der Waals surface area contributed by atoms with Crippen LogP contribution in [0.1, 0.15) is 0 Å². The third kappa shape index (κ3) is 1.69. The minimum Gasteiger partial charge on any atom is -0.457 e. The van der Waals surface area contributed by atoms with Gasteiger partial charge >= 0.3 is 0 Å². The van der Waals surface area contributed by atoms with Gasteiger partial charge in [0.25, 0.3) is 0 Å². The molecule has 0 aliphatic rings. The van der Waals surface area contributed by atoms with Gasteiger partial charge in [0, 0.05) is 4.88 Å². The van der Waals surface area contributed by atoms with Gasteiger partial charge in [-0.1, -0.05) is 11.2 Å². The van der Waals surface area contributed by atoms with E-state index in [-0.39, 0.29) is 0 Å². The highest BCUT2D eigenvalue weighted by atomic mass is 79.9. The number of rotatable bonds is 2. The topological polar surface area (TPSA) is 65.2 Å². The highest BCUT2D eigenvalue weighted by Gasteiger charge is 2.21. The Labute approximate surface area is 109 Å². The molecule has 0 unspecified atom stereocenters. The summed E-state index contributed by atoms with van der Waals surface area (Å²) in [4.78, 5) is 1.02. The second-order valence-corrected chi connectivity index (χ2v) is 5.03. The summed E-state index contributed by atoms with van der Waals surface area (Å²) in [5.41, 5.74) is 7.46. The van der Waals surface area contributed by atoms with Crippen LogP contribution in [0.5, 0.6) is 0 Å². The van der Waals surface area contributed by atoms with E-state index in [9.17, 15) is 0 Å². The molecule has 0 fully saturated rings. The molecule has 3 rings (SSSR count). The average Bonchev–Trinajstić information content (AvgIpc) is 2.98. The molecule has 3 aromatic heterocycles. The molecule has 17 heavy (non-hydrogen) atoms. The molecule has 4 nitrogen and oxygen atoms in total. The fourth-order valence-corrected chi connectivity index (χ4v) is 2.80. The standard InChI is InChI=1S/C11H7BrN2O2S/c12-10-6(3-4-15-10)9-8(11(13)14-16-9)7-2-1-5-17-7/h1-5H,(H2,13,14). The number of nitrogen functional groups attached to an aromatic ring is 1. The van der Waals surface area contributed by atoms with Crippen molar-refractivity contribution in [3.8, 4) is 21.8 Å². The fraction of sp³-hybridized carbons (Fsp3) is 0. The molecule has 0 saturated heterocycles. The SMILES string of the molecule is Nc1noc(-c2ccoc2Br)c1-c1cccs1. The first-order chi connectivity index (χ1) is 8.27. The van der Waals surface area contributed by atoms with Crippen molar-refractivity contribution in [2.45, 2.75) is 0 Å². The minimum atomic E-state index is 0.385. The first kappa shape index (κ1) is 10.6. The average molecular weight is 311 g/mol. The Morgan fingerprint density at radius 3 is 2.88 bits per heavy atom. The van der Waals surface area contributed by atoms with Crippen LogP contribution in [0.3, 0.4) is 0 Å². The molecule has 3 aromatic rings. The van der Waals surface area contributed by atoms with Crippen molar-refractivity contribution < 1.29 is 8.94 Å². The minimum absolute atomic E-state index is 0.385. The Morgan fingerprint density at radius 2 is 2.24 bits per heavy atom. The molecule has 3 heterocycles. The zero-order valence-corrected chi connectivity index (χ0v) is 10.9. The van der Waals surface area contributed by atoms with Crippen LogP contribution in [0.4, 0.5) is 5.82 Å². The van der Waals surface area contributed by atoms with Crippen molar-refractivity contribution in [2.75, 3.05) is 5.73 Å². The van der Waals surface area contributed by atoms with Crippen molar-refractivity contribution in [3.05, 3.63) is 34.5 Å². The smallest absolute Gasteiger partial charge is 0.182 e. The first-order valence-corrected chi connectivity index (χ1v) is 6.47. The van der Waals surface area contributed by atoms with Crippen molar-refractivity contribution in [3.63, 3.8) is 0 Å². The molecule has 0 aliphatic carbocycles. The quantitative estimate of drug-likeness (QED) is 0.776. The van der Waals surface area contributed by atoms with Gasteiger partial charge in [0.05, 0.1) is 17.4 Å². The Balaban J connectivity index is 2.23. The second-order valence-electron chi connectivity index (χ2n) is 3.36. The van der Waals surface area contributed by atoms with Gasteiger partial charge in [0.2, 0.25) is 0 Å². The summed E-state index contributed by atoms with van der Waals surface area (Å²) < 4.78 is 11.1. The number of hydrogen-bond acceptors (Lipinski definition) is 5. The Hall–Kier alpha value is -1.53. The molecule has 0 amide bonds. The zero-order valence-electron chi connectivity index (χ0n) is 8.51. The van der Waals surface area contributed by atoms with Crippen molar-refractivity contribution >= 4 is 33.1 Å². The van der Waals surface area contributed by atoms with E-state index in [2.05, 4.69) is 21.1 Å². The van der Waals surface area contributed by atoms with Crippen LogP contribution in [-0.2, 0) is 0 Å². The maximum atomic E-state index is 5.84. The molecule has 86 valence electrons. The molecule has 0 aliphatic heterocycles. The molecule has 0 bridgehead atoms. The van der Waals surface area contributed by atoms with E-state index in [1.54, 1.807) is 23.7 Å². The van der Waals surface area contributed by atoms with Crippen LogP contribution in [0, 0.1) is 0 Å². The lowest BCUT2D eigenvalue weighted by molar-refractivity contribution is 0.434. The fourth-order valence-electron chi connectivity index (χ4n) is 1.60. The molecular weight excluding hydrogens is 304 g/mol. The van der Waals surface area contributed by atoms with Crippen molar-refractivity contribution in [2.24, 2.45) is 0 Å². The van der Waals surface area contributed by atoms with Gasteiger partial charge in [-0.2, -0.15) is 0 Å². The zero-order chi connectivity index (χ0) is 11.8.